The van der Waals surface area contributed by atoms with Gasteiger partial charge in [0.25, 0.3) is 12.4 Å². The molecule has 0 rings (SSSR count). The summed E-state index contributed by atoms with van der Waals surface area (Å²) in [6.07, 6.45) is -4.58. The lowest BCUT2D eigenvalue weighted by atomic mass is 11.0. The summed E-state index contributed by atoms with van der Waals surface area (Å²) in [6, 6.07) is 1.48. The van der Waals surface area contributed by atoms with E-state index in [4.69, 9.17) is 44.3 Å². The molecule has 0 N–H and O–H groups in total. The molecule has 0 heterocycles. The van der Waals surface area contributed by atoms with Crippen molar-refractivity contribution in [2.24, 2.45) is 0 Å². The summed E-state index contributed by atoms with van der Waals surface area (Å²) in [5.74, 6) is 0. The van der Waals surface area contributed by atoms with E-state index >= 15 is 0 Å². The Morgan fingerprint density at radius 3 is 1.10 bits per heavy atom. The zero-order chi connectivity index (χ0) is 8.41. The number of hydrogen-bond donors (Lipinski definition) is 0. The summed E-state index contributed by atoms with van der Waals surface area (Å²) >= 11 is 24.1. The molecule has 0 bridgehead atoms. The van der Waals surface area contributed by atoms with Crippen molar-refractivity contribution >= 4 is 56.7 Å². The van der Waals surface area contributed by atoms with Gasteiger partial charge in [0.1, 0.15) is 0 Å². The predicted octanol–water partition coefficient (Wildman–Crippen LogP) is 3.94. The van der Waals surface area contributed by atoms with E-state index in [0.717, 1.165) is 12.1 Å². The maximum absolute atomic E-state index is 6.01. The first-order valence-electron chi connectivity index (χ1n) is 3.13. The Morgan fingerprint density at radius 2 is 1.00 bits per heavy atom. The minimum atomic E-state index is -2.29. The van der Waals surface area contributed by atoms with Gasteiger partial charge in [0.2, 0.25) is 0 Å². The van der Waals surface area contributed by atoms with Crippen LogP contribution in [0, 0.1) is 0 Å². The van der Waals surface area contributed by atoms with Crippen LogP contribution in [0.3, 0.4) is 0 Å². The molecule has 0 spiro atoms. The van der Waals surface area contributed by atoms with Crippen LogP contribution in [0.2, 0.25) is 12.1 Å². The second-order valence-electron chi connectivity index (χ2n) is 2.12. The highest BCUT2D eigenvalue weighted by Gasteiger charge is 2.50. The van der Waals surface area contributed by atoms with Crippen molar-refractivity contribution in [1.82, 2.24) is 0 Å². The monoisotopic (exact) mass is 254 g/mol. The molecule has 62 valence electrons. The normalized spacial score (nSPS) is 13.8. The van der Waals surface area contributed by atoms with Crippen molar-refractivity contribution in [2.75, 3.05) is 0 Å². The summed E-state index contributed by atoms with van der Waals surface area (Å²) in [5, 5.41) is 0. The first kappa shape index (κ1) is 11.6. The molecular formula is C4H10Cl4Si2. The van der Waals surface area contributed by atoms with Crippen LogP contribution in [-0.2, 0) is 0 Å². The molecular weight excluding hydrogens is 246 g/mol. The van der Waals surface area contributed by atoms with Crippen LogP contribution in [0.5, 0.6) is 0 Å². The molecule has 0 saturated carbocycles. The molecule has 0 aromatic rings. The lowest BCUT2D eigenvalue weighted by Gasteiger charge is -2.25. The minimum Gasteiger partial charge on any atom is -0.147 e. The highest BCUT2D eigenvalue weighted by atomic mass is 35.8. The van der Waals surface area contributed by atoms with Gasteiger partial charge in [-0.1, -0.05) is 13.8 Å². The smallest absolute Gasteiger partial charge is 0.147 e. The van der Waals surface area contributed by atoms with Crippen LogP contribution in [0.25, 0.3) is 0 Å². The van der Waals surface area contributed by atoms with E-state index in [2.05, 4.69) is 0 Å². The average Bonchev–Trinajstić information content (AvgIpc) is 1.88. The van der Waals surface area contributed by atoms with Gasteiger partial charge in [0.05, 0.1) is 0 Å². The summed E-state index contributed by atoms with van der Waals surface area (Å²) in [4.78, 5) is 0. The number of halogens is 4. The van der Waals surface area contributed by atoms with Gasteiger partial charge in [-0.05, 0) is 12.1 Å². The fourth-order valence-electron chi connectivity index (χ4n) is 0.517. The van der Waals surface area contributed by atoms with Gasteiger partial charge in [-0.25, -0.2) is 0 Å². The molecule has 0 radical (unpaired) electrons. The zero-order valence-electron chi connectivity index (χ0n) is 5.93. The first-order chi connectivity index (χ1) is 4.37. The van der Waals surface area contributed by atoms with Crippen molar-refractivity contribution in [3.8, 4) is 0 Å². The van der Waals surface area contributed by atoms with Gasteiger partial charge in [0.15, 0.2) is 0 Å². The highest BCUT2D eigenvalue weighted by Crippen LogP contribution is 2.39. The fourth-order valence-corrected chi connectivity index (χ4v) is 9.47. The minimum absolute atomic E-state index is 0.739. The van der Waals surface area contributed by atoms with Crippen LogP contribution in [0.15, 0.2) is 0 Å². The molecule has 0 nitrogen and oxygen atoms in total. The molecule has 0 aliphatic carbocycles. The number of rotatable bonds is 3. The van der Waals surface area contributed by atoms with E-state index in [9.17, 15) is 0 Å². The van der Waals surface area contributed by atoms with Gasteiger partial charge >= 0.3 is 0 Å². The third-order valence-corrected chi connectivity index (χ3v) is 27.9. The molecule has 6 heteroatoms. The lowest BCUT2D eigenvalue weighted by molar-refractivity contribution is 1.42. The maximum atomic E-state index is 6.01. The quantitative estimate of drug-likeness (QED) is 0.530. The van der Waals surface area contributed by atoms with Gasteiger partial charge in [-0.3, -0.25) is 0 Å². The van der Waals surface area contributed by atoms with Crippen LogP contribution in [0.1, 0.15) is 13.8 Å². The molecule has 0 aromatic heterocycles. The summed E-state index contributed by atoms with van der Waals surface area (Å²) in [7, 11) is 0. The van der Waals surface area contributed by atoms with E-state index in [1.807, 2.05) is 13.8 Å². The Balaban J connectivity index is 4.28. The van der Waals surface area contributed by atoms with Gasteiger partial charge in [0, 0.05) is 0 Å². The SMILES string of the molecule is CC[Si](Cl)(Cl)[Si](Cl)(Cl)CC. The van der Waals surface area contributed by atoms with Gasteiger partial charge in [-0.2, -0.15) is 0 Å². The van der Waals surface area contributed by atoms with E-state index in [-0.39, 0.29) is 0 Å². The Kier molecular flexibility index (Phi) is 4.65. The van der Waals surface area contributed by atoms with Gasteiger partial charge in [-0.15, -0.1) is 44.3 Å². The van der Waals surface area contributed by atoms with E-state index in [1.54, 1.807) is 0 Å². The zero-order valence-corrected chi connectivity index (χ0v) is 10.9. The van der Waals surface area contributed by atoms with Crippen LogP contribution >= 0.6 is 44.3 Å². The van der Waals surface area contributed by atoms with Crippen molar-refractivity contribution in [3.05, 3.63) is 0 Å². The molecule has 0 amide bonds. The molecule has 0 fully saturated rings. The molecule has 10 heavy (non-hydrogen) atoms. The molecule has 0 atom stereocenters. The largest absolute Gasteiger partial charge is 0.273 e. The van der Waals surface area contributed by atoms with E-state index in [1.165, 1.54) is 0 Å². The average molecular weight is 256 g/mol. The molecule has 0 aromatic carbocycles. The Morgan fingerprint density at radius 1 is 0.800 bits per heavy atom. The fraction of sp³-hybridized carbons (Fsp3) is 1.00. The standard InChI is InChI=1S/C4H10Cl4Si2/c1-3-9(5,6)10(7,8)4-2/h3-4H2,1-2H3. The Labute approximate surface area is 82.4 Å². The highest BCUT2D eigenvalue weighted by molar-refractivity contribution is 7.92. The summed E-state index contributed by atoms with van der Waals surface area (Å²) in [5.41, 5.74) is 0. The lowest BCUT2D eigenvalue weighted by Crippen LogP contribution is -2.45. The number of hydrogen-bond acceptors (Lipinski definition) is 0. The Hall–Kier alpha value is 1.59. The van der Waals surface area contributed by atoms with E-state index in [0.29, 0.717) is 0 Å². The second-order valence-corrected chi connectivity index (χ2v) is 24.2. The van der Waals surface area contributed by atoms with Crippen molar-refractivity contribution in [1.29, 1.82) is 0 Å². The van der Waals surface area contributed by atoms with Crippen molar-refractivity contribution in [3.63, 3.8) is 0 Å². The van der Waals surface area contributed by atoms with Crippen molar-refractivity contribution < 1.29 is 0 Å². The molecule has 0 saturated heterocycles. The summed E-state index contributed by atoms with van der Waals surface area (Å²) in [6.45, 7) is 3.88. The van der Waals surface area contributed by atoms with Gasteiger partial charge < -0.3 is 0 Å². The van der Waals surface area contributed by atoms with Crippen molar-refractivity contribution in [2.45, 2.75) is 25.9 Å². The third-order valence-electron chi connectivity index (χ3n) is 1.42. The molecule has 0 aliphatic rings. The van der Waals surface area contributed by atoms with Crippen LogP contribution in [-0.4, -0.2) is 12.4 Å². The summed E-state index contributed by atoms with van der Waals surface area (Å²) < 4.78 is 0. The topological polar surface area (TPSA) is 0 Å². The predicted molar refractivity (Wildman–Crippen MR) is 55.9 cm³/mol. The van der Waals surface area contributed by atoms with Crippen LogP contribution in [0.4, 0.5) is 0 Å². The molecule has 0 unspecified atom stereocenters. The third kappa shape index (κ3) is 2.57. The first-order valence-corrected chi connectivity index (χ1v) is 12.6. The van der Waals surface area contributed by atoms with Crippen LogP contribution < -0.4 is 0 Å². The molecule has 0 aliphatic heterocycles. The second kappa shape index (κ2) is 4.01. The Bertz CT molecular complexity index is 99.8. The van der Waals surface area contributed by atoms with E-state index < -0.39 is 12.4 Å². The maximum Gasteiger partial charge on any atom is 0.273 e.